The molecule has 3 N–H and O–H groups in total. The average molecular weight is 220 g/mol. The lowest BCUT2D eigenvalue weighted by molar-refractivity contribution is 0.305. The monoisotopic (exact) mass is 220 g/mol. The molecule has 0 aromatic carbocycles. The third-order valence-corrected chi connectivity index (χ3v) is 3.17. The van der Waals surface area contributed by atoms with Crippen molar-refractivity contribution in [2.75, 3.05) is 11.1 Å². The molecule has 16 heavy (non-hydrogen) atoms. The Hall–Kier alpha value is -1.32. The van der Waals surface area contributed by atoms with Crippen LogP contribution in [0.5, 0.6) is 0 Å². The molecule has 1 aromatic rings. The van der Waals surface area contributed by atoms with Gasteiger partial charge in [0.1, 0.15) is 17.5 Å². The molecule has 1 aliphatic carbocycles. The average Bonchev–Trinajstić information content (AvgIpc) is 2.14. The second-order valence-corrected chi connectivity index (χ2v) is 5.23. The molecule has 1 heterocycles. The highest BCUT2D eigenvalue weighted by molar-refractivity contribution is 5.47. The second-order valence-electron chi connectivity index (χ2n) is 5.23. The summed E-state index contributed by atoms with van der Waals surface area (Å²) in [5.74, 6) is 2.52. The number of nitrogens with zero attached hydrogens (tertiary/aromatic N) is 2. The van der Waals surface area contributed by atoms with Crippen LogP contribution in [0.25, 0.3) is 0 Å². The summed E-state index contributed by atoms with van der Waals surface area (Å²) in [4.78, 5) is 8.73. The van der Waals surface area contributed by atoms with Gasteiger partial charge in [-0.3, -0.25) is 0 Å². The first kappa shape index (κ1) is 11.2. The highest BCUT2D eigenvalue weighted by Crippen LogP contribution is 2.34. The standard InChI is InChI=1S/C12H20N4/c1-8(2)11-14-9(13)7-10(15-11)16-12(3)5-4-6-12/h7-8H,4-6H2,1-3H3,(H3,13,14,15,16). The molecule has 4 heteroatoms. The van der Waals surface area contributed by atoms with Crippen molar-refractivity contribution in [3.05, 3.63) is 11.9 Å². The van der Waals surface area contributed by atoms with Gasteiger partial charge in [0.05, 0.1) is 0 Å². The van der Waals surface area contributed by atoms with Gasteiger partial charge in [-0.05, 0) is 26.2 Å². The Kier molecular flexibility index (Phi) is 2.74. The minimum Gasteiger partial charge on any atom is -0.384 e. The largest absolute Gasteiger partial charge is 0.384 e. The minimum atomic E-state index is 0.203. The quantitative estimate of drug-likeness (QED) is 0.821. The van der Waals surface area contributed by atoms with E-state index in [0.29, 0.717) is 11.7 Å². The maximum atomic E-state index is 5.78. The number of nitrogens with one attached hydrogen (secondary N) is 1. The molecule has 1 aromatic heterocycles. The van der Waals surface area contributed by atoms with Gasteiger partial charge in [-0.25, -0.2) is 9.97 Å². The van der Waals surface area contributed by atoms with Crippen LogP contribution in [0, 0.1) is 0 Å². The SMILES string of the molecule is CC(C)c1nc(N)cc(NC2(C)CCC2)n1. The van der Waals surface area contributed by atoms with Crippen LogP contribution in [-0.4, -0.2) is 15.5 Å². The molecule has 88 valence electrons. The molecule has 0 aliphatic heterocycles. The summed E-state index contributed by atoms with van der Waals surface area (Å²) in [7, 11) is 0. The lowest BCUT2D eigenvalue weighted by atomic mass is 9.78. The number of aromatic nitrogens is 2. The Labute approximate surface area is 96.7 Å². The van der Waals surface area contributed by atoms with E-state index in [1.54, 1.807) is 0 Å². The number of nitrogens with two attached hydrogens (primary N) is 1. The summed E-state index contributed by atoms with van der Waals surface area (Å²) in [6, 6.07) is 1.81. The highest BCUT2D eigenvalue weighted by atomic mass is 15.1. The number of hydrogen-bond acceptors (Lipinski definition) is 4. The zero-order valence-electron chi connectivity index (χ0n) is 10.2. The topological polar surface area (TPSA) is 63.8 Å². The first-order chi connectivity index (χ1) is 7.48. The van der Waals surface area contributed by atoms with Crippen molar-refractivity contribution in [2.24, 2.45) is 0 Å². The maximum absolute atomic E-state index is 5.78. The Bertz CT molecular complexity index is 383. The van der Waals surface area contributed by atoms with Crippen LogP contribution in [0.4, 0.5) is 11.6 Å². The van der Waals surface area contributed by atoms with Crippen molar-refractivity contribution >= 4 is 11.6 Å². The van der Waals surface area contributed by atoms with Gasteiger partial charge in [0.2, 0.25) is 0 Å². The van der Waals surface area contributed by atoms with Crippen molar-refractivity contribution in [1.82, 2.24) is 9.97 Å². The van der Waals surface area contributed by atoms with Crippen LogP contribution < -0.4 is 11.1 Å². The van der Waals surface area contributed by atoms with Gasteiger partial charge in [-0.15, -0.1) is 0 Å². The van der Waals surface area contributed by atoms with E-state index in [0.717, 1.165) is 11.6 Å². The van der Waals surface area contributed by atoms with Crippen LogP contribution in [0.1, 0.15) is 51.8 Å². The predicted molar refractivity (Wildman–Crippen MR) is 66.4 cm³/mol. The Morgan fingerprint density at radius 1 is 1.38 bits per heavy atom. The van der Waals surface area contributed by atoms with Gasteiger partial charge < -0.3 is 11.1 Å². The molecule has 0 radical (unpaired) electrons. The van der Waals surface area contributed by atoms with Crippen LogP contribution in [-0.2, 0) is 0 Å². The van der Waals surface area contributed by atoms with Crippen molar-refractivity contribution in [3.63, 3.8) is 0 Å². The molecule has 0 unspecified atom stereocenters. The van der Waals surface area contributed by atoms with E-state index in [1.807, 2.05) is 6.07 Å². The van der Waals surface area contributed by atoms with Crippen molar-refractivity contribution in [2.45, 2.75) is 51.5 Å². The first-order valence-corrected chi connectivity index (χ1v) is 5.91. The van der Waals surface area contributed by atoms with E-state index in [9.17, 15) is 0 Å². The van der Waals surface area contributed by atoms with E-state index in [4.69, 9.17) is 5.73 Å². The summed E-state index contributed by atoms with van der Waals surface area (Å²) < 4.78 is 0. The van der Waals surface area contributed by atoms with Crippen LogP contribution in [0.2, 0.25) is 0 Å². The van der Waals surface area contributed by atoms with E-state index >= 15 is 0 Å². The van der Waals surface area contributed by atoms with Gasteiger partial charge >= 0.3 is 0 Å². The Balaban J connectivity index is 2.20. The molecule has 0 amide bonds. The van der Waals surface area contributed by atoms with E-state index < -0.39 is 0 Å². The molecule has 4 nitrogen and oxygen atoms in total. The summed E-state index contributed by atoms with van der Waals surface area (Å²) in [5, 5.41) is 3.46. The van der Waals surface area contributed by atoms with Crippen molar-refractivity contribution in [3.8, 4) is 0 Å². The molecular formula is C12H20N4. The molecule has 2 rings (SSSR count). The summed E-state index contributed by atoms with van der Waals surface area (Å²) >= 11 is 0. The molecule has 0 spiro atoms. The number of hydrogen-bond donors (Lipinski definition) is 2. The lowest BCUT2D eigenvalue weighted by Gasteiger charge is -2.39. The molecule has 1 fully saturated rings. The Morgan fingerprint density at radius 2 is 2.06 bits per heavy atom. The summed E-state index contributed by atoms with van der Waals surface area (Å²) in [5.41, 5.74) is 5.99. The maximum Gasteiger partial charge on any atom is 0.135 e. The van der Waals surface area contributed by atoms with Gasteiger partial charge in [0.25, 0.3) is 0 Å². The summed E-state index contributed by atoms with van der Waals surface area (Å²) in [6.07, 6.45) is 3.70. The molecular weight excluding hydrogens is 200 g/mol. The molecule has 0 saturated heterocycles. The van der Waals surface area contributed by atoms with Gasteiger partial charge in [-0.2, -0.15) is 0 Å². The highest BCUT2D eigenvalue weighted by Gasteiger charge is 2.31. The van der Waals surface area contributed by atoms with Gasteiger partial charge in [0.15, 0.2) is 0 Å². The zero-order chi connectivity index (χ0) is 11.8. The van der Waals surface area contributed by atoms with Gasteiger partial charge in [0, 0.05) is 17.5 Å². The second kappa shape index (κ2) is 3.92. The predicted octanol–water partition coefficient (Wildman–Crippen LogP) is 2.54. The minimum absolute atomic E-state index is 0.203. The molecule has 0 atom stereocenters. The lowest BCUT2D eigenvalue weighted by Crippen LogP contribution is -2.42. The van der Waals surface area contributed by atoms with E-state index in [-0.39, 0.29) is 5.54 Å². The van der Waals surface area contributed by atoms with Crippen molar-refractivity contribution < 1.29 is 0 Å². The number of nitrogen functional groups attached to an aromatic ring is 1. The third kappa shape index (κ3) is 2.26. The molecule has 1 aliphatic rings. The fourth-order valence-corrected chi connectivity index (χ4v) is 1.95. The number of anilines is 2. The first-order valence-electron chi connectivity index (χ1n) is 5.91. The van der Waals surface area contributed by atoms with E-state index in [2.05, 4.69) is 36.1 Å². The molecule has 1 saturated carbocycles. The van der Waals surface area contributed by atoms with Crippen LogP contribution in [0.3, 0.4) is 0 Å². The van der Waals surface area contributed by atoms with Crippen LogP contribution >= 0.6 is 0 Å². The van der Waals surface area contributed by atoms with Gasteiger partial charge in [-0.1, -0.05) is 13.8 Å². The van der Waals surface area contributed by atoms with Crippen LogP contribution in [0.15, 0.2) is 6.07 Å². The number of rotatable bonds is 3. The smallest absolute Gasteiger partial charge is 0.135 e. The molecule has 0 bridgehead atoms. The fraction of sp³-hybridized carbons (Fsp3) is 0.667. The summed E-state index contributed by atoms with van der Waals surface area (Å²) in [6.45, 7) is 6.37. The van der Waals surface area contributed by atoms with Crippen molar-refractivity contribution in [1.29, 1.82) is 0 Å². The van der Waals surface area contributed by atoms with E-state index in [1.165, 1.54) is 19.3 Å². The zero-order valence-corrected chi connectivity index (χ0v) is 10.2. The third-order valence-electron chi connectivity index (χ3n) is 3.17. The Morgan fingerprint density at radius 3 is 2.56 bits per heavy atom. The normalized spacial score (nSPS) is 18.2. The fourth-order valence-electron chi connectivity index (χ4n) is 1.95.